The van der Waals surface area contributed by atoms with Crippen LogP contribution in [-0.4, -0.2) is 63.2 Å². The zero-order chi connectivity index (χ0) is 25.2. The van der Waals surface area contributed by atoms with Crippen LogP contribution < -0.4 is 14.2 Å². The molecule has 1 atom stereocenters. The minimum Gasteiger partial charge on any atom is -0.507 e. The lowest BCUT2D eigenvalue weighted by atomic mass is 9.94. The number of likely N-dealkylation sites (tertiary alicyclic amines) is 1. The number of amides is 1. The normalized spacial score (nSPS) is 18.5. The third kappa shape index (κ3) is 4.21. The van der Waals surface area contributed by atoms with E-state index >= 15 is 0 Å². The van der Waals surface area contributed by atoms with Crippen LogP contribution in [-0.2, 0) is 16.1 Å². The quantitative estimate of drug-likeness (QED) is 0.294. The SMILES string of the molecule is COc1cc(C2/C(=C(/O)c3ccc4c(c3)OCCO4)C(=O)C(=O)N2CCCn2ccnc2)ccc1O. The summed E-state index contributed by atoms with van der Waals surface area (Å²) in [6, 6.07) is 8.58. The first kappa shape index (κ1) is 23.3. The summed E-state index contributed by atoms with van der Waals surface area (Å²) in [7, 11) is 1.41. The van der Waals surface area contributed by atoms with Crippen molar-refractivity contribution in [2.75, 3.05) is 26.9 Å². The number of hydrogen-bond donors (Lipinski definition) is 2. The molecule has 0 aliphatic carbocycles. The largest absolute Gasteiger partial charge is 0.507 e. The number of carbonyl (C=O) groups excluding carboxylic acids is 2. The van der Waals surface area contributed by atoms with Crippen molar-refractivity contribution in [2.45, 2.75) is 19.0 Å². The number of ketones is 1. The van der Waals surface area contributed by atoms with Gasteiger partial charge in [0.2, 0.25) is 0 Å². The number of hydrogen-bond acceptors (Lipinski definition) is 8. The van der Waals surface area contributed by atoms with Crippen molar-refractivity contribution in [3.8, 4) is 23.0 Å². The molecule has 186 valence electrons. The number of methoxy groups -OCH3 is 1. The number of aromatic hydroxyl groups is 1. The molecule has 2 aliphatic rings. The molecule has 0 bridgehead atoms. The van der Waals surface area contributed by atoms with Gasteiger partial charge in [0.25, 0.3) is 11.7 Å². The summed E-state index contributed by atoms with van der Waals surface area (Å²) in [6.45, 7) is 1.64. The molecule has 1 amide bonds. The number of Topliss-reactive ketones (excluding diaryl/α,β-unsaturated/α-hetero) is 1. The number of rotatable bonds is 7. The zero-order valence-electron chi connectivity index (χ0n) is 19.6. The van der Waals surface area contributed by atoms with Gasteiger partial charge in [0.1, 0.15) is 19.0 Å². The summed E-state index contributed by atoms with van der Waals surface area (Å²) in [5.74, 6) is -0.723. The maximum absolute atomic E-state index is 13.3. The van der Waals surface area contributed by atoms with E-state index in [0.717, 1.165) is 0 Å². The first-order chi connectivity index (χ1) is 17.5. The van der Waals surface area contributed by atoms with Gasteiger partial charge in [-0.25, -0.2) is 4.98 Å². The molecule has 2 aromatic carbocycles. The minimum atomic E-state index is -0.879. The van der Waals surface area contributed by atoms with Gasteiger partial charge in [-0.3, -0.25) is 9.59 Å². The van der Waals surface area contributed by atoms with E-state index in [4.69, 9.17) is 14.2 Å². The first-order valence-electron chi connectivity index (χ1n) is 11.5. The molecule has 1 saturated heterocycles. The van der Waals surface area contributed by atoms with Crippen LogP contribution in [0.3, 0.4) is 0 Å². The van der Waals surface area contributed by atoms with Crippen LogP contribution in [0.1, 0.15) is 23.6 Å². The Hall–Kier alpha value is -4.47. The number of aliphatic hydroxyl groups excluding tert-OH is 1. The second-order valence-electron chi connectivity index (χ2n) is 8.44. The molecule has 2 aliphatic heterocycles. The number of imidazole rings is 1. The number of carbonyl (C=O) groups is 2. The van der Waals surface area contributed by atoms with Gasteiger partial charge in [0.05, 0.1) is 25.1 Å². The predicted molar refractivity (Wildman–Crippen MR) is 128 cm³/mol. The second kappa shape index (κ2) is 9.65. The Morgan fingerprint density at radius 2 is 1.92 bits per heavy atom. The molecule has 5 rings (SSSR count). The number of phenolic OH excluding ortho intramolecular Hbond substituents is 1. The van der Waals surface area contributed by atoms with Crippen molar-refractivity contribution in [2.24, 2.45) is 0 Å². The Bertz CT molecular complexity index is 1330. The molecule has 10 heteroatoms. The lowest BCUT2D eigenvalue weighted by Gasteiger charge is -2.26. The molecule has 0 spiro atoms. The fraction of sp³-hybridized carbons (Fsp3) is 0.269. The zero-order valence-corrected chi connectivity index (χ0v) is 19.6. The molecule has 36 heavy (non-hydrogen) atoms. The van der Waals surface area contributed by atoms with Crippen LogP contribution in [0.4, 0.5) is 0 Å². The minimum absolute atomic E-state index is 0.0490. The molecule has 1 unspecified atom stereocenters. The van der Waals surface area contributed by atoms with Crippen molar-refractivity contribution in [1.82, 2.24) is 14.5 Å². The van der Waals surface area contributed by atoms with Gasteiger partial charge in [0.15, 0.2) is 23.0 Å². The van der Waals surface area contributed by atoms with E-state index in [1.54, 1.807) is 42.9 Å². The topological polar surface area (TPSA) is 123 Å². The third-order valence-electron chi connectivity index (χ3n) is 6.25. The predicted octanol–water partition coefficient (Wildman–Crippen LogP) is 2.88. The highest BCUT2D eigenvalue weighted by Gasteiger charge is 2.46. The van der Waals surface area contributed by atoms with Gasteiger partial charge in [-0.2, -0.15) is 0 Å². The highest BCUT2D eigenvalue weighted by atomic mass is 16.6. The first-order valence-corrected chi connectivity index (χ1v) is 11.5. The molecule has 0 radical (unpaired) electrons. The lowest BCUT2D eigenvalue weighted by molar-refractivity contribution is -0.139. The number of benzene rings is 2. The van der Waals surface area contributed by atoms with Crippen molar-refractivity contribution < 1.29 is 34.0 Å². The lowest BCUT2D eigenvalue weighted by Crippen LogP contribution is -2.31. The molecule has 1 aromatic heterocycles. The van der Waals surface area contributed by atoms with E-state index in [0.29, 0.717) is 48.8 Å². The summed E-state index contributed by atoms with van der Waals surface area (Å²) in [5, 5.41) is 21.4. The van der Waals surface area contributed by atoms with E-state index < -0.39 is 17.7 Å². The van der Waals surface area contributed by atoms with E-state index in [2.05, 4.69) is 4.98 Å². The van der Waals surface area contributed by atoms with Crippen LogP contribution in [0.2, 0.25) is 0 Å². The van der Waals surface area contributed by atoms with Crippen LogP contribution in [0.15, 0.2) is 60.7 Å². The summed E-state index contributed by atoms with van der Waals surface area (Å²) in [4.78, 5) is 31.9. The number of aromatic nitrogens is 2. The Balaban J connectivity index is 1.56. The number of aliphatic hydroxyl groups is 1. The molecule has 10 nitrogen and oxygen atoms in total. The average molecular weight is 492 g/mol. The third-order valence-corrected chi connectivity index (χ3v) is 6.25. The standard InChI is InChI=1S/C26H25N3O7/c1-34-20-13-16(3-5-18(20)30)23-22(24(31)17-4-6-19-21(14-17)36-12-11-35-19)25(32)26(33)29(23)9-2-8-28-10-7-27-15-28/h3-7,10,13-15,23,30-31H,2,8-9,11-12H2,1H3/b24-22-. The van der Waals surface area contributed by atoms with Gasteiger partial charge >= 0.3 is 0 Å². The van der Waals surface area contributed by atoms with Gasteiger partial charge < -0.3 is 33.9 Å². The van der Waals surface area contributed by atoms with Crippen LogP contribution in [0, 0.1) is 0 Å². The van der Waals surface area contributed by atoms with Crippen LogP contribution in [0.25, 0.3) is 5.76 Å². The second-order valence-corrected chi connectivity index (χ2v) is 8.44. The Kier molecular flexibility index (Phi) is 6.24. The molecule has 3 heterocycles. The highest BCUT2D eigenvalue weighted by Crippen LogP contribution is 2.43. The number of aryl methyl sites for hydroxylation is 1. The maximum atomic E-state index is 13.3. The molecule has 3 aromatic rings. The maximum Gasteiger partial charge on any atom is 0.295 e. The fourth-order valence-electron chi connectivity index (χ4n) is 4.51. The number of phenols is 1. The summed E-state index contributed by atoms with van der Waals surface area (Å²) in [5.41, 5.74) is 0.795. The van der Waals surface area contributed by atoms with Crippen molar-refractivity contribution >= 4 is 17.4 Å². The Morgan fingerprint density at radius 1 is 1.11 bits per heavy atom. The van der Waals surface area contributed by atoms with E-state index in [9.17, 15) is 19.8 Å². The Morgan fingerprint density at radius 3 is 2.67 bits per heavy atom. The Labute approximate surface area is 207 Å². The van der Waals surface area contributed by atoms with Gasteiger partial charge in [-0.05, 0) is 42.3 Å². The number of ether oxygens (including phenoxy) is 3. The number of nitrogens with zero attached hydrogens (tertiary/aromatic N) is 3. The molecular formula is C26H25N3O7. The van der Waals surface area contributed by atoms with E-state index in [1.165, 1.54) is 18.1 Å². The number of fused-ring (bicyclic) bond motifs is 1. The van der Waals surface area contributed by atoms with Crippen molar-refractivity contribution in [3.05, 3.63) is 71.8 Å². The van der Waals surface area contributed by atoms with Gasteiger partial charge in [0, 0.05) is 31.0 Å². The molecular weight excluding hydrogens is 466 g/mol. The fourth-order valence-corrected chi connectivity index (χ4v) is 4.51. The monoisotopic (exact) mass is 491 g/mol. The smallest absolute Gasteiger partial charge is 0.295 e. The molecule has 0 saturated carbocycles. The highest BCUT2D eigenvalue weighted by molar-refractivity contribution is 6.46. The van der Waals surface area contributed by atoms with Gasteiger partial charge in [-0.1, -0.05) is 6.07 Å². The van der Waals surface area contributed by atoms with Gasteiger partial charge in [-0.15, -0.1) is 0 Å². The summed E-state index contributed by atoms with van der Waals surface area (Å²) < 4.78 is 18.3. The van der Waals surface area contributed by atoms with E-state index in [1.807, 2.05) is 10.8 Å². The van der Waals surface area contributed by atoms with Crippen molar-refractivity contribution in [1.29, 1.82) is 0 Å². The van der Waals surface area contributed by atoms with Crippen LogP contribution in [0.5, 0.6) is 23.0 Å². The summed E-state index contributed by atoms with van der Waals surface area (Å²) >= 11 is 0. The molecule has 2 N–H and O–H groups in total. The summed E-state index contributed by atoms with van der Waals surface area (Å²) in [6.07, 6.45) is 5.72. The molecule has 1 fully saturated rings. The van der Waals surface area contributed by atoms with Crippen LogP contribution >= 0.6 is 0 Å². The average Bonchev–Trinajstić information content (AvgIpc) is 3.50. The van der Waals surface area contributed by atoms with E-state index in [-0.39, 0.29) is 29.4 Å². The van der Waals surface area contributed by atoms with Crippen molar-refractivity contribution in [3.63, 3.8) is 0 Å².